The number of aryl methyl sites for hydroxylation is 1. The quantitative estimate of drug-likeness (QED) is 0.188. The average molecular weight is 609 g/mol. The van der Waals surface area contributed by atoms with Crippen LogP contribution >= 0.6 is 0 Å². The first kappa shape index (κ1) is 31.3. The SMILES string of the molecule is CCOC(=O)COc1cccc2oc(C(=O)Nc3ccc(-c4ccc(S(=O)(=O)N[C@H](C(=O)O)C(C)C)cc4)cc3)c(C)c12. The molecule has 43 heavy (non-hydrogen) atoms. The smallest absolute Gasteiger partial charge is 0.344 e. The maximum Gasteiger partial charge on any atom is 0.344 e. The lowest BCUT2D eigenvalue weighted by molar-refractivity contribution is -0.145. The first-order valence-corrected chi connectivity index (χ1v) is 15.0. The molecule has 0 radical (unpaired) electrons. The van der Waals surface area contributed by atoms with Crippen LogP contribution in [0.2, 0.25) is 0 Å². The number of hydrogen-bond acceptors (Lipinski definition) is 8. The van der Waals surface area contributed by atoms with Crippen LogP contribution in [0.25, 0.3) is 22.1 Å². The summed E-state index contributed by atoms with van der Waals surface area (Å²) in [5, 5.41) is 12.7. The van der Waals surface area contributed by atoms with E-state index in [9.17, 15) is 27.9 Å². The Labute approximate surface area is 248 Å². The van der Waals surface area contributed by atoms with E-state index < -0.39 is 39.8 Å². The summed E-state index contributed by atoms with van der Waals surface area (Å²) in [7, 11) is -4.04. The first-order chi connectivity index (χ1) is 20.4. The lowest BCUT2D eigenvalue weighted by atomic mass is 10.1. The normalized spacial score (nSPS) is 12.2. The minimum absolute atomic E-state index is 0.0531. The maximum absolute atomic E-state index is 13.1. The number of fused-ring (bicyclic) bond motifs is 1. The Morgan fingerprint density at radius 3 is 2.16 bits per heavy atom. The van der Waals surface area contributed by atoms with Crippen molar-refractivity contribution < 1.29 is 41.8 Å². The molecule has 0 saturated heterocycles. The first-order valence-electron chi connectivity index (χ1n) is 13.5. The second-order valence-electron chi connectivity index (χ2n) is 10.0. The zero-order chi connectivity index (χ0) is 31.3. The number of furan rings is 1. The fourth-order valence-corrected chi connectivity index (χ4v) is 5.75. The number of benzene rings is 3. The van der Waals surface area contributed by atoms with E-state index in [-0.39, 0.29) is 23.9 Å². The molecule has 0 fully saturated rings. The molecular formula is C31H32N2O9S. The highest BCUT2D eigenvalue weighted by Gasteiger charge is 2.28. The van der Waals surface area contributed by atoms with Gasteiger partial charge in [-0.1, -0.05) is 44.2 Å². The van der Waals surface area contributed by atoms with Crippen LogP contribution in [0, 0.1) is 12.8 Å². The molecule has 0 aliphatic carbocycles. The highest BCUT2D eigenvalue weighted by atomic mass is 32.2. The molecule has 0 unspecified atom stereocenters. The summed E-state index contributed by atoms with van der Waals surface area (Å²) in [6.45, 7) is 6.64. The predicted molar refractivity (Wildman–Crippen MR) is 159 cm³/mol. The van der Waals surface area contributed by atoms with Crippen LogP contribution in [0.5, 0.6) is 5.75 Å². The molecule has 1 atom stereocenters. The molecule has 1 aromatic heterocycles. The molecule has 0 bridgehead atoms. The Bertz CT molecular complexity index is 1740. The van der Waals surface area contributed by atoms with E-state index in [1.165, 1.54) is 12.1 Å². The number of anilines is 1. The van der Waals surface area contributed by atoms with Crippen molar-refractivity contribution >= 4 is 44.5 Å². The van der Waals surface area contributed by atoms with Crippen molar-refractivity contribution in [1.29, 1.82) is 0 Å². The summed E-state index contributed by atoms with van der Waals surface area (Å²) in [6, 6.07) is 16.8. The predicted octanol–water partition coefficient (Wildman–Crippen LogP) is 4.99. The third-order valence-corrected chi connectivity index (χ3v) is 8.09. The third kappa shape index (κ3) is 7.22. The largest absolute Gasteiger partial charge is 0.481 e. The van der Waals surface area contributed by atoms with Crippen LogP contribution in [0.4, 0.5) is 5.69 Å². The van der Waals surface area contributed by atoms with Gasteiger partial charge in [-0.05, 0) is 67.3 Å². The van der Waals surface area contributed by atoms with Crippen LogP contribution in [-0.4, -0.2) is 50.6 Å². The summed E-state index contributed by atoms with van der Waals surface area (Å²) in [5.41, 5.74) is 2.98. The number of hydrogen-bond donors (Lipinski definition) is 3. The van der Waals surface area contributed by atoms with Crippen LogP contribution in [-0.2, 0) is 24.3 Å². The topological polar surface area (TPSA) is 161 Å². The highest BCUT2D eigenvalue weighted by molar-refractivity contribution is 7.89. The van der Waals surface area contributed by atoms with Crippen molar-refractivity contribution in [3.8, 4) is 16.9 Å². The molecular weight excluding hydrogens is 576 g/mol. The number of amides is 1. The van der Waals surface area contributed by atoms with Gasteiger partial charge in [-0.3, -0.25) is 9.59 Å². The lowest BCUT2D eigenvalue weighted by Crippen LogP contribution is -2.44. The molecule has 12 heteroatoms. The highest BCUT2D eigenvalue weighted by Crippen LogP contribution is 2.34. The van der Waals surface area contributed by atoms with E-state index in [1.807, 2.05) is 0 Å². The number of rotatable bonds is 12. The van der Waals surface area contributed by atoms with Gasteiger partial charge in [-0.15, -0.1) is 0 Å². The van der Waals surface area contributed by atoms with Crippen molar-refractivity contribution in [2.75, 3.05) is 18.5 Å². The minimum atomic E-state index is -4.04. The number of ether oxygens (including phenoxy) is 2. The van der Waals surface area contributed by atoms with Crippen LogP contribution in [0.1, 0.15) is 36.9 Å². The number of esters is 1. The molecule has 1 heterocycles. The van der Waals surface area contributed by atoms with Crippen LogP contribution in [0.15, 0.2) is 76.0 Å². The molecule has 0 saturated carbocycles. The minimum Gasteiger partial charge on any atom is -0.481 e. The summed E-state index contributed by atoms with van der Waals surface area (Å²) >= 11 is 0. The fraction of sp³-hybridized carbons (Fsp3) is 0.258. The second-order valence-corrected chi connectivity index (χ2v) is 11.7. The van der Waals surface area contributed by atoms with Crippen molar-refractivity contribution in [1.82, 2.24) is 4.72 Å². The zero-order valence-electron chi connectivity index (χ0n) is 24.0. The number of aliphatic carboxylic acids is 1. The molecule has 0 aliphatic heterocycles. The Morgan fingerprint density at radius 2 is 1.58 bits per heavy atom. The Balaban J connectivity index is 1.46. The molecule has 3 aromatic carbocycles. The molecule has 1 amide bonds. The summed E-state index contributed by atoms with van der Waals surface area (Å²) < 4.78 is 44.0. The molecule has 226 valence electrons. The van der Waals surface area contributed by atoms with E-state index in [0.29, 0.717) is 28.0 Å². The monoisotopic (exact) mass is 608 g/mol. The van der Waals surface area contributed by atoms with Crippen molar-refractivity contribution in [3.05, 3.63) is 78.1 Å². The van der Waals surface area contributed by atoms with E-state index in [1.54, 1.807) is 82.3 Å². The number of nitrogens with one attached hydrogen (secondary N) is 2. The molecule has 11 nitrogen and oxygen atoms in total. The third-order valence-electron chi connectivity index (χ3n) is 6.63. The summed E-state index contributed by atoms with van der Waals surface area (Å²) in [5.74, 6) is -2.17. The van der Waals surface area contributed by atoms with Gasteiger partial charge in [-0.2, -0.15) is 4.72 Å². The van der Waals surface area contributed by atoms with E-state index in [4.69, 9.17) is 13.9 Å². The molecule has 0 aliphatic rings. The summed E-state index contributed by atoms with van der Waals surface area (Å²) in [4.78, 5) is 36.2. The van der Waals surface area contributed by atoms with Crippen LogP contribution in [0.3, 0.4) is 0 Å². The number of sulfonamides is 1. The number of carboxylic acid groups (broad SMARTS) is 1. The Hall–Kier alpha value is -4.68. The number of carbonyl (C=O) groups excluding carboxylic acids is 2. The van der Waals surface area contributed by atoms with Gasteiger partial charge in [0.1, 0.15) is 17.4 Å². The summed E-state index contributed by atoms with van der Waals surface area (Å²) in [6.07, 6.45) is 0. The lowest BCUT2D eigenvalue weighted by Gasteiger charge is -2.18. The van der Waals surface area contributed by atoms with Crippen LogP contribution < -0.4 is 14.8 Å². The van der Waals surface area contributed by atoms with Gasteiger partial charge in [0, 0.05) is 11.3 Å². The van der Waals surface area contributed by atoms with E-state index >= 15 is 0 Å². The van der Waals surface area contributed by atoms with Crippen molar-refractivity contribution in [3.63, 3.8) is 0 Å². The van der Waals surface area contributed by atoms with Gasteiger partial charge in [0.2, 0.25) is 10.0 Å². The molecule has 4 aromatic rings. The molecule has 3 N–H and O–H groups in total. The molecule has 0 spiro atoms. The Kier molecular flexibility index (Phi) is 9.52. The fourth-order valence-electron chi connectivity index (χ4n) is 4.41. The standard InChI is InChI=1S/C31H32N2O9S/c1-5-40-26(34)17-41-24-7-6-8-25-27(24)19(4)29(42-25)30(35)32-22-13-9-20(10-14-22)21-11-15-23(16-12-21)43(38,39)33-28(18(2)3)31(36)37/h6-16,18,28,33H,5,17H2,1-4H3,(H,32,35)(H,36,37)/t28-/m0/s1. The van der Waals surface area contributed by atoms with Gasteiger partial charge in [0.15, 0.2) is 12.4 Å². The number of carbonyl (C=O) groups is 3. The molecule has 4 rings (SSSR count). The van der Waals surface area contributed by atoms with Gasteiger partial charge >= 0.3 is 11.9 Å². The second kappa shape index (κ2) is 13.1. The maximum atomic E-state index is 13.1. The van der Waals surface area contributed by atoms with Gasteiger partial charge in [0.05, 0.1) is 16.9 Å². The van der Waals surface area contributed by atoms with E-state index in [0.717, 1.165) is 11.1 Å². The van der Waals surface area contributed by atoms with Gasteiger partial charge in [0.25, 0.3) is 5.91 Å². The van der Waals surface area contributed by atoms with Gasteiger partial charge < -0.3 is 24.3 Å². The number of carboxylic acids is 1. The van der Waals surface area contributed by atoms with Crippen molar-refractivity contribution in [2.24, 2.45) is 5.92 Å². The van der Waals surface area contributed by atoms with E-state index in [2.05, 4.69) is 10.0 Å². The van der Waals surface area contributed by atoms with Crippen molar-refractivity contribution in [2.45, 2.75) is 38.6 Å². The zero-order valence-corrected chi connectivity index (χ0v) is 24.9. The average Bonchev–Trinajstić information content (AvgIpc) is 3.32. The van der Waals surface area contributed by atoms with Gasteiger partial charge in [-0.25, -0.2) is 13.2 Å². The Morgan fingerprint density at radius 1 is 0.953 bits per heavy atom.